The molecule has 240 valence electrons. The Hall–Kier alpha value is -6.16. The number of thiophene rings is 1. The standard InChI is InChI=1S/C48H32N2S/c1-48(41-16-8-5-13-37(41)38-14-6-9-17-42(38)48)36-26-23-33(24-27-36)44-30-43(49-47(50-44)34-11-3-2-4-12-34)32-21-19-31(20-22-32)35-25-28-46-40(29-35)39-15-7-10-18-45(39)51-46/h2-30H,1H3. The van der Waals surface area contributed by atoms with Gasteiger partial charge in [0.2, 0.25) is 0 Å². The van der Waals surface area contributed by atoms with Crippen molar-refractivity contribution in [3.63, 3.8) is 0 Å². The van der Waals surface area contributed by atoms with E-state index in [0.29, 0.717) is 0 Å². The Kier molecular flexibility index (Phi) is 6.83. The van der Waals surface area contributed by atoms with Crippen molar-refractivity contribution in [3.8, 4) is 56.2 Å². The Bertz CT molecular complexity index is 2700. The fraction of sp³-hybridized carbons (Fsp3) is 0.0417. The summed E-state index contributed by atoms with van der Waals surface area (Å²) in [5, 5.41) is 2.63. The molecule has 3 heteroatoms. The smallest absolute Gasteiger partial charge is 0.160 e. The first-order valence-corrected chi connectivity index (χ1v) is 18.2. The second-order valence-corrected chi connectivity index (χ2v) is 14.6. The first-order valence-electron chi connectivity index (χ1n) is 17.4. The molecule has 0 unspecified atom stereocenters. The average Bonchev–Trinajstić information content (AvgIpc) is 3.71. The zero-order chi connectivity index (χ0) is 33.9. The van der Waals surface area contributed by atoms with E-state index in [9.17, 15) is 0 Å². The van der Waals surface area contributed by atoms with Gasteiger partial charge >= 0.3 is 0 Å². The van der Waals surface area contributed by atoms with Gasteiger partial charge in [-0.25, -0.2) is 9.97 Å². The van der Waals surface area contributed by atoms with Crippen LogP contribution in [0.15, 0.2) is 176 Å². The van der Waals surface area contributed by atoms with Gasteiger partial charge < -0.3 is 0 Å². The molecule has 0 spiro atoms. The molecule has 2 aromatic heterocycles. The third-order valence-corrected chi connectivity index (χ3v) is 11.8. The molecule has 0 saturated heterocycles. The minimum atomic E-state index is -0.236. The summed E-state index contributed by atoms with van der Waals surface area (Å²) in [6.07, 6.45) is 0. The maximum atomic E-state index is 5.12. The summed E-state index contributed by atoms with van der Waals surface area (Å²) in [6, 6.07) is 63.3. The zero-order valence-corrected chi connectivity index (χ0v) is 28.9. The van der Waals surface area contributed by atoms with E-state index in [1.54, 1.807) is 0 Å². The van der Waals surface area contributed by atoms with Crippen molar-refractivity contribution in [2.75, 3.05) is 0 Å². The fourth-order valence-electron chi connectivity index (χ4n) is 7.94. The lowest BCUT2D eigenvalue weighted by molar-refractivity contribution is 0.714. The third-order valence-electron chi connectivity index (χ3n) is 10.6. The molecular weight excluding hydrogens is 637 g/mol. The van der Waals surface area contributed by atoms with Crippen molar-refractivity contribution < 1.29 is 0 Å². The van der Waals surface area contributed by atoms with Gasteiger partial charge in [-0.05, 0) is 70.1 Å². The third kappa shape index (κ3) is 4.85. The highest BCUT2D eigenvalue weighted by Crippen LogP contribution is 2.52. The number of hydrogen-bond donors (Lipinski definition) is 0. The van der Waals surface area contributed by atoms with E-state index in [4.69, 9.17) is 9.97 Å². The first-order chi connectivity index (χ1) is 25.1. The van der Waals surface area contributed by atoms with Gasteiger partial charge in [0.15, 0.2) is 5.82 Å². The van der Waals surface area contributed by atoms with E-state index in [1.165, 1.54) is 59.1 Å². The van der Waals surface area contributed by atoms with Crippen LogP contribution in [0, 0.1) is 0 Å². The van der Waals surface area contributed by atoms with Gasteiger partial charge in [0, 0.05) is 42.3 Å². The van der Waals surface area contributed by atoms with Crippen molar-refractivity contribution in [1.82, 2.24) is 9.97 Å². The molecule has 9 aromatic rings. The molecule has 0 atom stereocenters. The highest BCUT2D eigenvalue weighted by molar-refractivity contribution is 7.25. The highest BCUT2D eigenvalue weighted by Gasteiger charge is 2.40. The molecule has 0 bridgehead atoms. The average molecular weight is 669 g/mol. The van der Waals surface area contributed by atoms with Crippen LogP contribution in [0.3, 0.4) is 0 Å². The summed E-state index contributed by atoms with van der Waals surface area (Å²) in [5.74, 6) is 0.719. The van der Waals surface area contributed by atoms with Gasteiger partial charge in [0.25, 0.3) is 0 Å². The summed E-state index contributed by atoms with van der Waals surface area (Å²) in [6.45, 7) is 2.35. The largest absolute Gasteiger partial charge is 0.228 e. The van der Waals surface area contributed by atoms with Crippen LogP contribution in [0.5, 0.6) is 0 Å². The van der Waals surface area contributed by atoms with Crippen molar-refractivity contribution >= 4 is 31.5 Å². The number of fused-ring (bicyclic) bond motifs is 6. The van der Waals surface area contributed by atoms with Crippen molar-refractivity contribution in [2.24, 2.45) is 0 Å². The highest BCUT2D eigenvalue weighted by atomic mass is 32.1. The Morgan fingerprint density at radius 3 is 1.63 bits per heavy atom. The van der Waals surface area contributed by atoms with E-state index in [0.717, 1.165) is 33.9 Å². The van der Waals surface area contributed by atoms with Gasteiger partial charge in [-0.15, -0.1) is 11.3 Å². The van der Waals surface area contributed by atoms with Crippen molar-refractivity contribution in [2.45, 2.75) is 12.3 Å². The molecule has 0 radical (unpaired) electrons. The van der Waals surface area contributed by atoms with Crippen molar-refractivity contribution in [1.29, 1.82) is 0 Å². The molecule has 10 rings (SSSR count). The molecule has 0 amide bonds. The Labute approximate surface area is 301 Å². The van der Waals surface area contributed by atoms with E-state index < -0.39 is 0 Å². The molecule has 7 aromatic carbocycles. The normalized spacial score (nSPS) is 13.0. The summed E-state index contributed by atoms with van der Waals surface area (Å²) in [7, 11) is 0. The van der Waals surface area contributed by atoms with Crippen LogP contribution in [-0.2, 0) is 5.41 Å². The summed E-state index contributed by atoms with van der Waals surface area (Å²) in [4.78, 5) is 10.2. The lowest BCUT2D eigenvalue weighted by Crippen LogP contribution is -2.22. The molecule has 0 saturated carbocycles. The SMILES string of the molecule is CC1(c2ccc(-c3cc(-c4ccc(-c5ccc6sc7ccccc7c6c5)cc4)nc(-c4ccccc4)n3)cc2)c2ccccc2-c2ccccc21. The second-order valence-electron chi connectivity index (χ2n) is 13.5. The Balaban J connectivity index is 1.03. The predicted octanol–water partition coefficient (Wildman–Crippen LogP) is 12.8. The van der Waals surface area contributed by atoms with E-state index >= 15 is 0 Å². The lowest BCUT2D eigenvalue weighted by atomic mass is 9.74. The van der Waals surface area contributed by atoms with Gasteiger partial charge in [-0.1, -0.05) is 152 Å². The van der Waals surface area contributed by atoms with Crippen molar-refractivity contribution in [3.05, 3.63) is 193 Å². The minimum Gasteiger partial charge on any atom is -0.228 e. The van der Waals surface area contributed by atoms with Crippen LogP contribution in [0.25, 0.3) is 76.3 Å². The molecule has 2 heterocycles. The van der Waals surface area contributed by atoms with Crippen LogP contribution in [0.2, 0.25) is 0 Å². The van der Waals surface area contributed by atoms with Gasteiger partial charge in [0.1, 0.15) is 0 Å². The molecule has 0 aliphatic heterocycles. The molecule has 0 fully saturated rings. The molecule has 0 N–H and O–H groups in total. The summed E-state index contributed by atoms with van der Waals surface area (Å²) in [5.41, 5.74) is 13.7. The summed E-state index contributed by atoms with van der Waals surface area (Å²) >= 11 is 1.85. The predicted molar refractivity (Wildman–Crippen MR) is 214 cm³/mol. The van der Waals surface area contributed by atoms with E-state index in [2.05, 4.69) is 165 Å². The second kappa shape index (κ2) is 11.7. The minimum absolute atomic E-state index is 0.236. The molecule has 2 nitrogen and oxygen atoms in total. The zero-order valence-electron chi connectivity index (χ0n) is 28.0. The maximum Gasteiger partial charge on any atom is 0.160 e. The van der Waals surface area contributed by atoms with Crippen LogP contribution in [0.4, 0.5) is 0 Å². The molecule has 1 aliphatic rings. The number of nitrogens with zero attached hydrogens (tertiary/aromatic N) is 2. The van der Waals surface area contributed by atoms with Gasteiger partial charge in [-0.3, -0.25) is 0 Å². The number of benzene rings is 7. The van der Waals surface area contributed by atoms with Gasteiger partial charge in [-0.2, -0.15) is 0 Å². The Morgan fingerprint density at radius 2 is 0.941 bits per heavy atom. The molecule has 51 heavy (non-hydrogen) atoms. The molecular formula is C48H32N2S. The fourth-order valence-corrected chi connectivity index (χ4v) is 9.02. The monoisotopic (exact) mass is 668 g/mol. The van der Waals surface area contributed by atoms with Crippen LogP contribution in [-0.4, -0.2) is 9.97 Å². The van der Waals surface area contributed by atoms with E-state index in [-0.39, 0.29) is 5.41 Å². The number of rotatable bonds is 5. The van der Waals surface area contributed by atoms with Crippen LogP contribution < -0.4 is 0 Å². The van der Waals surface area contributed by atoms with Crippen LogP contribution >= 0.6 is 11.3 Å². The first kappa shape index (κ1) is 29.7. The van der Waals surface area contributed by atoms with E-state index in [1.807, 2.05) is 29.5 Å². The number of hydrogen-bond acceptors (Lipinski definition) is 3. The lowest BCUT2D eigenvalue weighted by Gasteiger charge is -2.28. The topological polar surface area (TPSA) is 25.8 Å². The van der Waals surface area contributed by atoms with Crippen LogP contribution in [0.1, 0.15) is 23.6 Å². The Morgan fingerprint density at radius 1 is 0.412 bits per heavy atom. The summed E-state index contributed by atoms with van der Waals surface area (Å²) < 4.78 is 2.64. The quantitative estimate of drug-likeness (QED) is 0.182. The molecule has 1 aliphatic carbocycles. The van der Waals surface area contributed by atoms with Gasteiger partial charge in [0.05, 0.1) is 11.4 Å². The maximum absolute atomic E-state index is 5.12. The number of aromatic nitrogens is 2.